The van der Waals surface area contributed by atoms with Crippen LogP contribution in [0, 0.1) is 0 Å². The third-order valence-corrected chi connectivity index (χ3v) is 1.94. The zero-order chi connectivity index (χ0) is 10.3. The Bertz CT molecular complexity index is 184. The van der Waals surface area contributed by atoms with Crippen LogP contribution in [0.1, 0.15) is 26.2 Å². The first kappa shape index (κ1) is 12.3. The van der Waals surface area contributed by atoms with Crippen molar-refractivity contribution in [3.63, 3.8) is 0 Å². The molecular formula is C8H15NO3S. The topological polar surface area (TPSA) is 66.4 Å². The Kier molecular flexibility index (Phi) is 6.40. The van der Waals surface area contributed by atoms with Gasteiger partial charge in [-0.1, -0.05) is 13.3 Å². The van der Waals surface area contributed by atoms with Gasteiger partial charge >= 0.3 is 5.97 Å². The highest BCUT2D eigenvalue weighted by atomic mass is 32.1. The summed E-state index contributed by atoms with van der Waals surface area (Å²) in [6.45, 7) is 1.97. The molecular weight excluding hydrogens is 190 g/mol. The van der Waals surface area contributed by atoms with E-state index in [-0.39, 0.29) is 11.7 Å². The second-order valence-electron chi connectivity index (χ2n) is 2.74. The molecule has 1 amide bonds. The maximum absolute atomic E-state index is 11.1. The van der Waals surface area contributed by atoms with Crippen molar-refractivity contribution in [2.24, 2.45) is 0 Å². The summed E-state index contributed by atoms with van der Waals surface area (Å²) in [4.78, 5) is 21.5. The smallest absolute Gasteiger partial charge is 0.327 e. The van der Waals surface area contributed by atoms with E-state index in [0.29, 0.717) is 6.42 Å². The summed E-state index contributed by atoms with van der Waals surface area (Å²) in [6.07, 6.45) is 2.09. The quantitative estimate of drug-likeness (QED) is 0.558. The van der Waals surface area contributed by atoms with Crippen LogP contribution in [-0.4, -0.2) is 28.8 Å². The highest BCUT2D eigenvalue weighted by Crippen LogP contribution is 1.95. The summed E-state index contributed by atoms with van der Waals surface area (Å²) in [7, 11) is 0. The summed E-state index contributed by atoms with van der Waals surface area (Å²) in [6, 6.07) is -0.868. The number of carbonyl (C=O) groups is 2. The molecule has 0 aromatic carbocycles. The van der Waals surface area contributed by atoms with Gasteiger partial charge < -0.3 is 10.4 Å². The van der Waals surface area contributed by atoms with Gasteiger partial charge in [0.2, 0.25) is 5.91 Å². The molecule has 0 heterocycles. The first-order chi connectivity index (χ1) is 6.11. The van der Waals surface area contributed by atoms with Crippen LogP contribution in [0.3, 0.4) is 0 Å². The lowest BCUT2D eigenvalue weighted by atomic mass is 10.2. The highest BCUT2D eigenvalue weighted by Gasteiger charge is 2.17. The van der Waals surface area contributed by atoms with Gasteiger partial charge in [0.05, 0.1) is 0 Å². The van der Waals surface area contributed by atoms with E-state index in [1.165, 1.54) is 0 Å². The van der Waals surface area contributed by atoms with Gasteiger partial charge in [0, 0.05) is 12.2 Å². The molecule has 1 unspecified atom stereocenters. The Hall–Kier alpha value is -0.710. The number of hydrogen-bond donors (Lipinski definition) is 3. The molecule has 0 rings (SSSR count). The van der Waals surface area contributed by atoms with E-state index in [2.05, 4.69) is 17.9 Å². The Labute approximate surface area is 83.1 Å². The van der Waals surface area contributed by atoms with E-state index in [0.717, 1.165) is 12.8 Å². The van der Waals surface area contributed by atoms with Crippen LogP contribution in [0.2, 0.25) is 0 Å². The minimum absolute atomic E-state index is 0.118. The fourth-order valence-electron chi connectivity index (χ4n) is 0.789. The average Bonchev–Trinajstić information content (AvgIpc) is 2.10. The van der Waals surface area contributed by atoms with Gasteiger partial charge in [-0.05, 0) is 6.42 Å². The number of carboxylic acid groups (broad SMARTS) is 1. The average molecular weight is 205 g/mol. The number of nitrogens with one attached hydrogen (secondary N) is 1. The minimum Gasteiger partial charge on any atom is -0.480 e. The van der Waals surface area contributed by atoms with Gasteiger partial charge in [-0.25, -0.2) is 4.79 Å². The third kappa shape index (κ3) is 5.52. The Morgan fingerprint density at radius 2 is 2.15 bits per heavy atom. The summed E-state index contributed by atoms with van der Waals surface area (Å²) in [5.74, 6) is -1.14. The zero-order valence-corrected chi connectivity index (χ0v) is 8.51. The lowest BCUT2D eigenvalue weighted by Crippen LogP contribution is -2.41. The Balaban J connectivity index is 3.80. The van der Waals surface area contributed by atoms with Gasteiger partial charge in [0.1, 0.15) is 6.04 Å². The fraction of sp³-hybridized carbons (Fsp3) is 0.750. The van der Waals surface area contributed by atoms with Crippen molar-refractivity contribution in [3.05, 3.63) is 0 Å². The van der Waals surface area contributed by atoms with Gasteiger partial charge in [-0.3, -0.25) is 4.79 Å². The van der Waals surface area contributed by atoms with E-state index in [4.69, 9.17) is 5.11 Å². The number of unbranched alkanes of at least 4 members (excludes halogenated alkanes) is 1. The van der Waals surface area contributed by atoms with Crippen LogP contribution in [-0.2, 0) is 9.59 Å². The van der Waals surface area contributed by atoms with Crippen molar-refractivity contribution < 1.29 is 14.7 Å². The number of rotatable bonds is 6. The van der Waals surface area contributed by atoms with Crippen molar-refractivity contribution in [2.45, 2.75) is 32.2 Å². The SMILES string of the molecule is CCCCC(=O)NC(CS)C(=O)O. The van der Waals surface area contributed by atoms with Crippen molar-refractivity contribution in [2.75, 3.05) is 5.75 Å². The standard InChI is InChI=1S/C8H15NO3S/c1-2-3-4-7(10)9-6(5-13)8(11)12/h6,13H,2-5H2,1H3,(H,9,10)(H,11,12). The van der Waals surface area contributed by atoms with E-state index in [9.17, 15) is 9.59 Å². The van der Waals surface area contributed by atoms with Gasteiger partial charge in [0.25, 0.3) is 0 Å². The summed E-state index contributed by atoms with van der Waals surface area (Å²) in [5, 5.41) is 11.0. The molecule has 5 heteroatoms. The van der Waals surface area contributed by atoms with E-state index < -0.39 is 12.0 Å². The maximum atomic E-state index is 11.1. The largest absolute Gasteiger partial charge is 0.480 e. The van der Waals surface area contributed by atoms with Crippen molar-refractivity contribution in [1.29, 1.82) is 0 Å². The van der Waals surface area contributed by atoms with E-state index >= 15 is 0 Å². The van der Waals surface area contributed by atoms with Crippen LogP contribution in [0.4, 0.5) is 0 Å². The fourth-order valence-corrected chi connectivity index (χ4v) is 1.04. The summed E-state index contributed by atoms with van der Waals surface area (Å²) in [5.41, 5.74) is 0. The van der Waals surface area contributed by atoms with Crippen molar-refractivity contribution >= 4 is 24.5 Å². The molecule has 0 aromatic rings. The predicted octanol–water partition coefficient (Wildman–Crippen LogP) is 0.676. The normalized spacial score (nSPS) is 12.2. The second-order valence-corrected chi connectivity index (χ2v) is 3.11. The molecule has 0 fully saturated rings. The molecule has 0 saturated heterocycles. The van der Waals surface area contributed by atoms with Crippen LogP contribution in [0.5, 0.6) is 0 Å². The van der Waals surface area contributed by atoms with Crippen molar-refractivity contribution in [1.82, 2.24) is 5.32 Å². The van der Waals surface area contributed by atoms with Gasteiger partial charge in [-0.2, -0.15) is 12.6 Å². The monoisotopic (exact) mass is 205 g/mol. The van der Waals surface area contributed by atoms with Crippen LogP contribution in [0.15, 0.2) is 0 Å². The molecule has 0 aliphatic heterocycles. The number of carbonyl (C=O) groups excluding carboxylic acids is 1. The molecule has 0 aliphatic rings. The molecule has 0 bridgehead atoms. The lowest BCUT2D eigenvalue weighted by molar-refractivity contribution is -0.141. The predicted molar refractivity (Wildman–Crippen MR) is 52.9 cm³/mol. The van der Waals surface area contributed by atoms with Gasteiger partial charge in [0.15, 0.2) is 0 Å². The molecule has 4 nitrogen and oxygen atoms in total. The number of hydrogen-bond acceptors (Lipinski definition) is 3. The van der Waals surface area contributed by atoms with E-state index in [1.807, 2.05) is 6.92 Å². The van der Waals surface area contributed by atoms with Crippen LogP contribution in [0.25, 0.3) is 0 Å². The molecule has 1 atom stereocenters. The molecule has 2 N–H and O–H groups in total. The second kappa shape index (κ2) is 6.77. The third-order valence-electron chi connectivity index (χ3n) is 1.57. The van der Waals surface area contributed by atoms with Crippen LogP contribution < -0.4 is 5.32 Å². The van der Waals surface area contributed by atoms with Gasteiger partial charge in [-0.15, -0.1) is 0 Å². The first-order valence-corrected chi connectivity index (χ1v) is 4.88. The Morgan fingerprint density at radius 1 is 1.54 bits per heavy atom. The zero-order valence-electron chi connectivity index (χ0n) is 7.62. The summed E-state index contributed by atoms with van der Waals surface area (Å²) >= 11 is 3.83. The molecule has 0 radical (unpaired) electrons. The first-order valence-electron chi connectivity index (χ1n) is 4.24. The number of aliphatic carboxylic acids is 1. The van der Waals surface area contributed by atoms with Crippen LogP contribution >= 0.6 is 12.6 Å². The van der Waals surface area contributed by atoms with Crippen molar-refractivity contribution in [3.8, 4) is 0 Å². The molecule has 0 aromatic heterocycles. The number of carboxylic acids is 1. The highest BCUT2D eigenvalue weighted by molar-refractivity contribution is 7.80. The number of thiol groups is 1. The molecule has 13 heavy (non-hydrogen) atoms. The molecule has 76 valence electrons. The lowest BCUT2D eigenvalue weighted by Gasteiger charge is -2.11. The molecule has 0 aliphatic carbocycles. The van der Waals surface area contributed by atoms with E-state index in [1.54, 1.807) is 0 Å². The molecule has 0 spiro atoms. The number of amides is 1. The Morgan fingerprint density at radius 3 is 2.54 bits per heavy atom. The minimum atomic E-state index is -1.04. The molecule has 0 saturated carbocycles. The maximum Gasteiger partial charge on any atom is 0.327 e. The summed E-state index contributed by atoms with van der Waals surface area (Å²) < 4.78 is 0.